The molecule has 1 aromatic carbocycles. The van der Waals surface area contributed by atoms with Crippen LogP contribution in [-0.4, -0.2) is 9.04 Å². The number of hydrogen-bond acceptors (Lipinski definition) is 1. The summed E-state index contributed by atoms with van der Waals surface area (Å²) in [4.78, 5) is 0. The highest BCUT2D eigenvalue weighted by atomic mass is 79.9. The molecule has 1 rings (SSSR count). The first-order valence-electron chi connectivity index (χ1n) is 5.36. The van der Waals surface area contributed by atoms with Crippen LogP contribution in [0.3, 0.4) is 0 Å². The van der Waals surface area contributed by atoms with Gasteiger partial charge in [0.05, 0.1) is 6.61 Å². The lowest BCUT2D eigenvalue weighted by Gasteiger charge is -2.25. The summed E-state index contributed by atoms with van der Waals surface area (Å²) in [6.07, 6.45) is 0. The van der Waals surface area contributed by atoms with E-state index >= 15 is 0 Å². The summed E-state index contributed by atoms with van der Waals surface area (Å²) < 4.78 is 7.00. The third-order valence-electron chi connectivity index (χ3n) is 2.72. The zero-order valence-corrected chi connectivity index (χ0v) is 13.7. The van der Waals surface area contributed by atoms with Crippen LogP contribution >= 0.6 is 27.5 Å². The summed E-state index contributed by atoms with van der Waals surface area (Å²) in [5.41, 5.74) is 1.06. The molecule has 1 aromatic rings. The Kier molecular flexibility index (Phi) is 5.04. The Morgan fingerprint density at radius 1 is 1.38 bits per heavy atom. The third kappa shape index (κ3) is 4.21. The Labute approximate surface area is 113 Å². The standard InChI is InChI=1S/C12H18BrClOSi/c1-12(2,3)16(4)15-8-9-7-10(13)5-6-11(9)14/h5-7,16H,8H2,1-4H3. The van der Waals surface area contributed by atoms with Gasteiger partial charge in [-0.15, -0.1) is 0 Å². The van der Waals surface area contributed by atoms with Crippen LogP contribution in [0.2, 0.25) is 16.6 Å². The van der Waals surface area contributed by atoms with Gasteiger partial charge in [-0.25, -0.2) is 0 Å². The molecule has 90 valence electrons. The fraction of sp³-hybridized carbons (Fsp3) is 0.500. The van der Waals surface area contributed by atoms with Gasteiger partial charge in [0.1, 0.15) is 0 Å². The first kappa shape index (κ1) is 14.2. The highest BCUT2D eigenvalue weighted by Crippen LogP contribution is 2.29. The lowest BCUT2D eigenvalue weighted by molar-refractivity contribution is 0.294. The first-order chi connectivity index (χ1) is 7.30. The molecule has 1 nitrogen and oxygen atoms in total. The molecule has 1 atom stereocenters. The van der Waals surface area contributed by atoms with Gasteiger partial charge in [-0.05, 0) is 35.3 Å². The highest BCUT2D eigenvalue weighted by Gasteiger charge is 2.23. The molecule has 1 unspecified atom stereocenters. The van der Waals surface area contributed by atoms with Crippen molar-refractivity contribution in [1.82, 2.24) is 0 Å². The Bertz CT molecular complexity index is 363. The van der Waals surface area contributed by atoms with Crippen molar-refractivity contribution in [2.75, 3.05) is 0 Å². The van der Waals surface area contributed by atoms with Gasteiger partial charge in [-0.2, -0.15) is 0 Å². The number of halogens is 2. The molecule has 0 aliphatic heterocycles. The molecule has 0 heterocycles. The molecule has 0 N–H and O–H groups in total. The topological polar surface area (TPSA) is 9.23 Å². The first-order valence-corrected chi connectivity index (χ1v) is 8.73. The zero-order chi connectivity index (χ0) is 12.3. The maximum atomic E-state index is 6.11. The average Bonchev–Trinajstić information content (AvgIpc) is 2.17. The minimum Gasteiger partial charge on any atom is -0.415 e. The van der Waals surface area contributed by atoms with E-state index in [0.29, 0.717) is 11.6 Å². The lowest BCUT2D eigenvalue weighted by atomic mass is 10.2. The van der Waals surface area contributed by atoms with E-state index in [-0.39, 0.29) is 0 Å². The second-order valence-corrected chi connectivity index (χ2v) is 9.73. The minimum atomic E-state index is -1.17. The van der Waals surface area contributed by atoms with E-state index in [4.69, 9.17) is 16.0 Å². The normalized spacial score (nSPS) is 13.9. The number of benzene rings is 1. The molecule has 16 heavy (non-hydrogen) atoms. The van der Waals surface area contributed by atoms with Crippen molar-refractivity contribution in [2.24, 2.45) is 0 Å². The summed E-state index contributed by atoms with van der Waals surface area (Å²) in [7, 11) is -1.17. The van der Waals surface area contributed by atoms with E-state index in [2.05, 4.69) is 43.2 Å². The van der Waals surface area contributed by atoms with Gasteiger partial charge >= 0.3 is 0 Å². The molecule has 0 saturated carbocycles. The molecular formula is C12H18BrClOSi. The van der Waals surface area contributed by atoms with Gasteiger partial charge in [0, 0.05) is 9.50 Å². The van der Waals surface area contributed by atoms with Crippen molar-refractivity contribution in [2.45, 2.75) is 39.0 Å². The summed E-state index contributed by atoms with van der Waals surface area (Å²) in [6, 6.07) is 5.86. The fourth-order valence-corrected chi connectivity index (χ4v) is 2.63. The van der Waals surface area contributed by atoms with Gasteiger partial charge in [0.25, 0.3) is 0 Å². The Morgan fingerprint density at radius 2 is 2.00 bits per heavy atom. The van der Waals surface area contributed by atoms with E-state index in [1.54, 1.807) is 0 Å². The fourth-order valence-electron chi connectivity index (χ4n) is 1.12. The van der Waals surface area contributed by atoms with Gasteiger partial charge in [-0.1, -0.05) is 48.3 Å². The van der Waals surface area contributed by atoms with Crippen LogP contribution in [-0.2, 0) is 11.0 Å². The van der Waals surface area contributed by atoms with Crippen LogP contribution in [0.1, 0.15) is 26.3 Å². The second-order valence-electron chi connectivity index (χ2n) is 5.05. The SMILES string of the molecule is C[SiH](OCc1cc(Br)ccc1Cl)C(C)(C)C. The third-order valence-corrected chi connectivity index (χ3v) is 6.68. The van der Waals surface area contributed by atoms with Crippen LogP contribution < -0.4 is 0 Å². The van der Waals surface area contributed by atoms with Crippen molar-refractivity contribution in [1.29, 1.82) is 0 Å². The van der Waals surface area contributed by atoms with Crippen molar-refractivity contribution in [3.63, 3.8) is 0 Å². The predicted molar refractivity (Wildman–Crippen MR) is 76.7 cm³/mol. The van der Waals surface area contributed by atoms with Crippen molar-refractivity contribution in [3.05, 3.63) is 33.3 Å². The maximum Gasteiger partial charge on any atom is 0.179 e. The van der Waals surface area contributed by atoms with Gasteiger partial charge in [-0.3, -0.25) is 0 Å². The molecule has 0 fully saturated rings. The zero-order valence-electron chi connectivity index (χ0n) is 10.2. The molecule has 0 bridgehead atoms. The average molecular weight is 322 g/mol. The molecule has 0 radical (unpaired) electrons. The molecule has 4 heteroatoms. The van der Waals surface area contributed by atoms with Gasteiger partial charge < -0.3 is 4.43 Å². The molecule has 0 aromatic heterocycles. The van der Waals surface area contributed by atoms with Crippen molar-refractivity contribution < 1.29 is 4.43 Å². The largest absolute Gasteiger partial charge is 0.415 e. The van der Waals surface area contributed by atoms with E-state index in [1.165, 1.54) is 0 Å². The van der Waals surface area contributed by atoms with Crippen LogP contribution in [0.25, 0.3) is 0 Å². The lowest BCUT2D eigenvalue weighted by Crippen LogP contribution is -2.25. The van der Waals surface area contributed by atoms with E-state index in [9.17, 15) is 0 Å². The van der Waals surface area contributed by atoms with E-state index in [0.717, 1.165) is 15.1 Å². The number of hydrogen-bond donors (Lipinski definition) is 0. The summed E-state index contributed by atoms with van der Waals surface area (Å²) in [5, 5.41) is 1.07. The van der Waals surface area contributed by atoms with Crippen molar-refractivity contribution in [3.8, 4) is 0 Å². The molecule has 0 saturated heterocycles. The smallest absolute Gasteiger partial charge is 0.179 e. The number of rotatable bonds is 3. The van der Waals surface area contributed by atoms with E-state index in [1.807, 2.05) is 18.2 Å². The van der Waals surface area contributed by atoms with Crippen LogP contribution in [0.4, 0.5) is 0 Å². The molecule has 0 aliphatic rings. The summed E-state index contributed by atoms with van der Waals surface area (Å²) in [5.74, 6) is 0. The highest BCUT2D eigenvalue weighted by molar-refractivity contribution is 9.10. The minimum absolute atomic E-state index is 0.290. The maximum absolute atomic E-state index is 6.11. The Hall–Kier alpha value is 0.167. The summed E-state index contributed by atoms with van der Waals surface area (Å²) in [6.45, 7) is 9.53. The van der Waals surface area contributed by atoms with Crippen LogP contribution in [0.15, 0.2) is 22.7 Å². The van der Waals surface area contributed by atoms with Crippen molar-refractivity contribution >= 4 is 36.6 Å². The van der Waals surface area contributed by atoms with Gasteiger partial charge in [0.2, 0.25) is 0 Å². The molecule has 0 spiro atoms. The van der Waals surface area contributed by atoms with E-state index < -0.39 is 9.04 Å². The molecular weight excluding hydrogens is 304 g/mol. The predicted octanol–water partition coefficient (Wildman–Crippen LogP) is 4.77. The van der Waals surface area contributed by atoms with Crippen LogP contribution in [0, 0.1) is 0 Å². The molecule has 0 amide bonds. The van der Waals surface area contributed by atoms with Gasteiger partial charge in [0.15, 0.2) is 9.04 Å². The second kappa shape index (κ2) is 5.67. The Balaban J connectivity index is 2.64. The van der Waals surface area contributed by atoms with Crippen LogP contribution in [0.5, 0.6) is 0 Å². The molecule has 0 aliphatic carbocycles. The monoisotopic (exact) mass is 320 g/mol. The Morgan fingerprint density at radius 3 is 2.56 bits per heavy atom. The summed E-state index contributed by atoms with van der Waals surface area (Å²) >= 11 is 9.55. The quantitative estimate of drug-likeness (QED) is 0.728.